The molecule has 3 aromatic rings. The summed E-state index contributed by atoms with van der Waals surface area (Å²) in [6.45, 7) is 1.31. The second-order valence-corrected chi connectivity index (χ2v) is 8.83. The lowest BCUT2D eigenvalue weighted by molar-refractivity contribution is -0.141. The summed E-state index contributed by atoms with van der Waals surface area (Å²) in [5.41, 5.74) is -0.560. The number of nitrogens with one attached hydrogen (secondary N) is 1. The molecule has 1 aromatic heterocycles. The average molecular weight is 487 g/mol. The highest BCUT2D eigenvalue weighted by Crippen LogP contribution is 2.31. The third-order valence-electron chi connectivity index (χ3n) is 4.35. The predicted octanol–water partition coefficient (Wildman–Crippen LogP) is 4.41. The molecule has 2 aromatic carbocycles. The fourth-order valence-corrected chi connectivity index (χ4v) is 4.91. The second-order valence-electron chi connectivity index (χ2n) is 6.60. The van der Waals surface area contributed by atoms with Crippen LogP contribution in [0.2, 0.25) is 5.02 Å². The number of anilines is 2. The first-order valence-electron chi connectivity index (χ1n) is 9.30. The highest BCUT2D eigenvalue weighted by atomic mass is 35.5. The number of amides is 1. The van der Waals surface area contributed by atoms with Gasteiger partial charge in [-0.1, -0.05) is 29.8 Å². The van der Waals surface area contributed by atoms with E-state index in [2.05, 4.69) is 10.4 Å². The van der Waals surface area contributed by atoms with Crippen LogP contribution in [0.4, 0.5) is 24.5 Å². The third kappa shape index (κ3) is 5.22. The van der Waals surface area contributed by atoms with Gasteiger partial charge in [-0.15, -0.1) is 0 Å². The Morgan fingerprint density at radius 1 is 1.16 bits per heavy atom. The Hall–Kier alpha value is -3.05. The maximum atomic E-state index is 13.2. The fraction of sp³-hybridized carbons (Fsp3) is 0.200. The van der Waals surface area contributed by atoms with E-state index in [4.69, 9.17) is 11.6 Å². The molecule has 0 bridgehead atoms. The van der Waals surface area contributed by atoms with Gasteiger partial charge in [-0.2, -0.15) is 18.3 Å². The van der Waals surface area contributed by atoms with Gasteiger partial charge in [-0.05, 0) is 43.3 Å². The molecule has 0 aliphatic rings. The lowest BCUT2D eigenvalue weighted by Gasteiger charge is -2.23. The number of rotatable bonds is 7. The van der Waals surface area contributed by atoms with Crippen LogP contribution in [-0.2, 0) is 27.5 Å². The van der Waals surface area contributed by atoms with Crippen molar-refractivity contribution in [1.82, 2.24) is 9.78 Å². The van der Waals surface area contributed by atoms with E-state index in [-0.39, 0.29) is 22.2 Å². The molecule has 1 amide bonds. The number of benzene rings is 2. The molecule has 0 aliphatic carbocycles. The highest BCUT2D eigenvalue weighted by molar-refractivity contribution is 7.93. The zero-order valence-electron chi connectivity index (χ0n) is 16.7. The van der Waals surface area contributed by atoms with Crippen molar-refractivity contribution >= 4 is 38.9 Å². The van der Waals surface area contributed by atoms with Gasteiger partial charge in [0.25, 0.3) is 10.0 Å². The molecule has 0 spiro atoms. The van der Waals surface area contributed by atoms with Crippen molar-refractivity contribution in [3.63, 3.8) is 0 Å². The molecular weight excluding hydrogens is 469 g/mol. The Labute approximate surface area is 187 Å². The molecule has 32 heavy (non-hydrogen) atoms. The Balaban J connectivity index is 1.82. The van der Waals surface area contributed by atoms with Crippen molar-refractivity contribution in [2.75, 3.05) is 16.2 Å². The van der Waals surface area contributed by atoms with E-state index in [1.807, 2.05) is 0 Å². The lowest BCUT2D eigenvalue weighted by Crippen LogP contribution is -2.31. The van der Waals surface area contributed by atoms with Crippen LogP contribution in [0.15, 0.2) is 65.7 Å². The maximum Gasteiger partial charge on any atom is 0.435 e. The van der Waals surface area contributed by atoms with Gasteiger partial charge >= 0.3 is 6.18 Å². The third-order valence-corrected chi connectivity index (χ3v) is 6.74. The van der Waals surface area contributed by atoms with Gasteiger partial charge in [0, 0.05) is 18.4 Å². The van der Waals surface area contributed by atoms with Gasteiger partial charge in [0.2, 0.25) is 5.91 Å². The monoisotopic (exact) mass is 486 g/mol. The molecule has 0 atom stereocenters. The van der Waals surface area contributed by atoms with Crippen LogP contribution < -0.4 is 9.62 Å². The number of hydrogen-bond donors (Lipinski definition) is 1. The zero-order chi connectivity index (χ0) is 23.5. The first-order valence-corrected chi connectivity index (χ1v) is 11.1. The Morgan fingerprint density at radius 2 is 1.84 bits per heavy atom. The largest absolute Gasteiger partial charge is 0.435 e. The summed E-state index contributed by atoms with van der Waals surface area (Å²) < 4.78 is 66.4. The Morgan fingerprint density at radius 3 is 2.44 bits per heavy atom. The summed E-state index contributed by atoms with van der Waals surface area (Å²) in [5.74, 6) is -0.692. The van der Waals surface area contributed by atoms with Crippen LogP contribution >= 0.6 is 11.6 Å². The van der Waals surface area contributed by atoms with Crippen molar-refractivity contribution in [3.05, 3.63) is 71.5 Å². The molecule has 1 N–H and O–H groups in total. The van der Waals surface area contributed by atoms with E-state index in [1.165, 1.54) is 22.5 Å². The molecule has 0 fully saturated rings. The van der Waals surface area contributed by atoms with Crippen molar-refractivity contribution < 1.29 is 26.4 Å². The number of aromatic nitrogens is 2. The minimum absolute atomic E-state index is 0.0423. The SMILES string of the molecule is CCN(c1ccccc1)S(=O)(=O)c1cc(NC(=O)Cn2ccc(C(F)(F)F)n2)ccc1Cl. The number of sulfonamides is 1. The van der Waals surface area contributed by atoms with Crippen LogP contribution in [-0.4, -0.2) is 30.7 Å². The first kappa shape index (κ1) is 23.6. The van der Waals surface area contributed by atoms with E-state index in [1.54, 1.807) is 37.3 Å². The number of hydrogen-bond acceptors (Lipinski definition) is 4. The van der Waals surface area contributed by atoms with E-state index < -0.39 is 34.3 Å². The second kappa shape index (κ2) is 9.21. The summed E-state index contributed by atoms with van der Waals surface area (Å²) in [7, 11) is -4.06. The zero-order valence-corrected chi connectivity index (χ0v) is 18.2. The minimum atomic E-state index is -4.62. The molecule has 0 saturated heterocycles. The molecule has 0 aliphatic heterocycles. The summed E-state index contributed by atoms with van der Waals surface area (Å²) in [6, 6.07) is 13.1. The topological polar surface area (TPSA) is 84.3 Å². The minimum Gasteiger partial charge on any atom is -0.324 e. The van der Waals surface area contributed by atoms with Crippen LogP contribution in [0, 0.1) is 0 Å². The van der Waals surface area contributed by atoms with Crippen molar-refractivity contribution in [2.24, 2.45) is 0 Å². The predicted molar refractivity (Wildman–Crippen MR) is 114 cm³/mol. The Bertz CT molecular complexity index is 1210. The lowest BCUT2D eigenvalue weighted by atomic mass is 10.3. The Kier molecular flexibility index (Phi) is 6.79. The standard InChI is InChI=1S/C20H18ClF3N4O3S/c1-2-28(15-6-4-3-5-7-15)32(30,31)17-12-14(8-9-16(17)21)25-19(29)13-27-11-10-18(26-27)20(22,23)24/h3-12H,2,13H2,1H3,(H,25,29). The smallest absolute Gasteiger partial charge is 0.324 e. The van der Waals surface area contributed by atoms with Crippen LogP contribution in [0.3, 0.4) is 0 Å². The maximum absolute atomic E-state index is 13.2. The van der Waals surface area contributed by atoms with Gasteiger partial charge in [0.15, 0.2) is 5.69 Å². The average Bonchev–Trinajstić information content (AvgIpc) is 3.19. The molecule has 0 unspecified atom stereocenters. The van der Waals surface area contributed by atoms with E-state index in [0.29, 0.717) is 5.69 Å². The van der Waals surface area contributed by atoms with Gasteiger partial charge in [-0.25, -0.2) is 8.42 Å². The first-order chi connectivity index (χ1) is 15.0. The van der Waals surface area contributed by atoms with Crippen molar-refractivity contribution in [1.29, 1.82) is 0 Å². The van der Waals surface area contributed by atoms with Gasteiger partial charge in [0.05, 0.1) is 10.7 Å². The summed E-state index contributed by atoms with van der Waals surface area (Å²) in [6.07, 6.45) is -3.59. The normalized spacial score (nSPS) is 11.9. The molecule has 0 saturated carbocycles. The summed E-state index contributed by atoms with van der Waals surface area (Å²) >= 11 is 6.14. The van der Waals surface area contributed by atoms with Crippen LogP contribution in [0.5, 0.6) is 0 Å². The number of carbonyl (C=O) groups is 1. The number of alkyl halides is 3. The molecule has 7 nitrogen and oxygen atoms in total. The van der Waals surface area contributed by atoms with Crippen molar-refractivity contribution in [2.45, 2.75) is 24.5 Å². The van der Waals surface area contributed by atoms with E-state index >= 15 is 0 Å². The van der Waals surface area contributed by atoms with Gasteiger partial charge < -0.3 is 5.32 Å². The van der Waals surface area contributed by atoms with E-state index in [9.17, 15) is 26.4 Å². The molecular formula is C20H18ClF3N4O3S. The quantitative estimate of drug-likeness (QED) is 0.536. The van der Waals surface area contributed by atoms with Crippen LogP contribution in [0.25, 0.3) is 0 Å². The fourth-order valence-electron chi connectivity index (χ4n) is 2.93. The molecule has 1 heterocycles. The number of nitrogens with zero attached hydrogens (tertiary/aromatic N) is 3. The number of para-hydroxylation sites is 1. The molecule has 3 rings (SSSR count). The van der Waals surface area contributed by atoms with Crippen LogP contribution in [0.1, 0.15) is 12.6 Å². The van der Waals surface area contributed by atoms with Crippen molar-refractivity contribution in [3.8, 4) is 0 Å². The number of carbonyl (C=O) groups excluding carboxylic acids is 1. The molecule has 0 radical (unpaired) electrons. The van der Waals surface area contributed by atoms with E-state index in [0.717, 1.165) is 16.9 Å². The van der Waals surface area contributed by atoms with Gasteiger partial charge in [0.1, 0.15) is 11.4 Å². The molecule has 170 valence electrons. The number of halogens is 4. The summed E-state index contributed by atoms with van der Waals surface area (Å²) in [4.78, 5) is 12.0. The molecule has 12 heteroatoms. The van der Waals surface area contributed by atoms with Gasteiger partial charge in [-0.3, -0.25) is 13.8 Å². The highest BCUT2D eigenvalue weighted by Gasteiger charge is 2.33. The summed E-state index contributed by atoms with van der Waals surface area (Å²) in [5, 5.41) is 5.72.